The Kier molecular flexibility index (Phi) is 5.14. The van der Waals surface area contributed by atoms with Crippen molar-refractivity contribution in [1.29, 1.82) is 0 Å². The van der Waals surface area contributed by atoms with E-state index < -0.39 is 15.6 Å². The zero-order valence-electron chi connectivity index (χ0n) is 11.8. The highest BCUT2D eigenvalue weighted by atomic mass is 32.2. The molecule has 0 fully saturated rings. The molecule has 0 radical (unpaired) electrons. The van der Waals surface area contributed by atoms with Crippen LogP contribution in [0.2, 0.25) is 0 Å². The SMILES string of the molecule is CCOC(C)(C)CNS(=O)(=O)c1cc(CN)oc1C. The van der Waals surface area contributed by atoms with Gasteiger partial charge in [-0.3, -0.25) is 0 Å². The first kappa shape index (κ1) is 16.2. The van der Waals surface area contributed by atoms with Crippen molar-refractivity contribution < 1.29 is 17.6 Å². The highest BCUT2D eigenvalue weighted by molar-refractivity contribution is 7.89. The third kappa shape index (κ3) is 4.31. The van der Waals surface area contributed by atoms with E-state index in [1.165, 1.54) is 6.07 Å². The van der Waals surface area contributed by atoms with Crippen LogP contribution in [0.15, 0.2) is 15.4 Å². The normalized spacial score (nSPS) is 12.9. The van der Waals surface area contributed by atoms with Crippen LogP contribution >= 0.6 is 0 Å². The maximum Gasteiger partial charge on any atom is 0.244 e. The number of aryl methyl sites for hydroxylation is 1. The Morgan fingerprint density at radius 2 is 2.11 bits per heavy atom. The van der Waals surface area contributed by atoms with Gasteiger partial charge < -0.3 is 14.9 Å². The van der Waals surface area contributed by atoms with Crippen molar-refractivity contribution in [3.05, 3.63) is 17.6 Å². The quantitative estimate of drug-likeness (QED) is 0.785. The molecule has 1 rings (SSSR count). The first-order valence-electron chi connectivity index (χ1n) is 6.15. The predicted octanol–water partition coefficient (Wildman–Crippen LogP) is 1.14. The zero-order valence-corrected chi connectivity index (χ0v) is 12.6. The van der Waals surface area contributed by atoms with Crippen LogP contribution in [-0.4, -0.2) is 27.2 Å². The van der Waals surface area contributed by atoms with Crippen LogP contribution < -0.4 is 10.5 Å². The molecule has 0 saturated heterocycles. The first-order valence-corrected chi connectivity index (χ1v) is 7.63. The molecule has 0 saturated carbocycles. The van der Waals surface area contributed by atoms with E-state index in [0.717, 1.165) is 0 Å². The second-order valence-electron chi connectivity index (χ2n) is 4.85. The van der Waals surface area contributed by atoms with Crippen molar-refractivity contribution in [3.63, 3.8) is 0 Å². The van der Waals surface area contributed by atoms with Crippen LogP contribution in [-0.2, 0) is 21.3 Å². The maximum absolute atomic E-state index is 12.2. The molecule has 0 amide bonds. The van der Waals surface area contributed by atoms with E-state index in [4.69, 9.17) is 14.9 Å². The maximum atomic E-state index is 12.2. The molecule has 7 heteroatoms. The minimum absolute atomic E-state index is 0.125. The molecule has 0 atom stereocenters. The number of rotatable bonds is 7. The minimum Gasteiger partial charge on any atom is -0.464 e. The molecule has 3 N–H and O–H groups in total. The van der Waals surface area contributed by atoms with E-state index in [2.05, 4.69) is 4.72 Å². The molecular weight excluding hydrogens is 268 g/mol. The number of furan rings is 1. The second kappa shape index (κ2) is 6.04. The average Bonchev–Trinajstić information content (AvgIpc) is 2.69. The lowest BCUT2D eigenvalue weighted by Gasteiger charge is -2.24. The smallest absolute Gasteiger partial charge is 0.244 e. The summed E-state index contributed by atoms with van der Waals surface area (Å²) in [6, 6.07) is 1.45. The standard InChI is InChI=1S/C12H22N2O4S/c1-5-17-12(3,4)8-14-19(15,16)11-6-10(7-13)18-9(11)2/h6,14H,5,7-8,13H2,1-4H3. The van der Waals surface area contributed by atoms with Gasteiger partial charge >= 0.3 is 0 Å². The molecule has 1 aromatic rings. The van der Waals surface area contributed by atoms with Crippen LogP contribution in [0.3, 0.4) is 0 Å². The van der Waals surface area contributed by atoms with Gasteiger partial charge in [0.2, 0.25) is 10.0 Å². The largest absolute Gasteiger partial charge is 0.464 e. The number of ether oxygens (including phenoxy) is 1. The Labute approximate surface area is 114 Å². The fraction of sp³-hybridized carbons (Fsp3) is 0.667. The van der Waals surface area contributed by atoms with Gasteiger partial charge in [0.05, 0.1) is 12.1 Å². The molecule has 6 nitrogen and oxygen atoms in total. The summed E-state index contributed by atoms with van der Waals surface area (Å²) in [7, 11) is -3.61. The molecular formula is C12H22N2O4S. The van der Waals surface area contributed by atoms with Gasteiger partial charge in [-0.05, 0) is 27.7 Å². The first-order chi connectivity index (χ1) is 8.72. The molecule has 0 aromatic carbocycles. The number of nitrogens with two attached hydrogens (primary N) is 1. The predicted molar refractivity (Wildman–Crippen MR) is 72.2 cm³/mol. The highest BCUT2D eigenvalue weighted by Gasteiger charge is 2.25. The van der Waals surface area contributed by atoms with Gasteiger partial charge in [-0.1, -0.05) is 0 Å². The Morgan fingerprint density at radius 3 is 2.58 bits per heavy atom. The van der Waals surface area contributed by atoms with Crippen molar-refractivity contribution in [2.75, 3.05) is 13.2 Å². The lowest BCUT2D eigenvalue weighted by molar-refractivity contribution is -0.00515. The number of sulfonamides is 1. The summed E-state index contributed by atoms with van der Waals surface area (Å²) in [5.74, 6) is 0.782. The van der Waals surface area contributed by atoms with E-state index in [1.54, 1.807) is 6.92 Å². The van der Waals surface area contributed by atoms with Gasteiger partial charge in [-0.25, -0.2) is 13.1 Å². The minimum atomic E-state index is -3.61. The fourth-order valence-corrected chi connectivity index (χ4v) is 3.08. The van der Waals surface area contributed by atoms with Gasteiger partial charge in [-0.15, -0.1) is 0 Å². The third-order valence-corrected chi connectivity index (χ3v) is 4.15. The molecule has 19 heavy (non-hydrogen) atoms. The zero-order chi connectivity index (χ0) is 14.7. The number of nitrogens with one attached hydrogen (secondary N) is 1. The number of hydrogen-bond donors (Lipinski definition) is 2. The monoisotopic (exact) mass is 290 g/mol. The molecule has 1 heterocycles. The Bertz CT molecular complexity index is 520. The van der Waals surface area contributed by atoms with E-state index in [1.807, 2.05) is 20.8 Å². The van der Waals surface area contributed by atoms with Crippen molar-refractivity contribution in [3.8, 4) is 0 Å². The summed E-state index contributed by atoms with van der Waals surface area (Å²) in [6.45, 7) is 7.99. The summed E-state index contributed by atoms with van der Waals surface area (Å²) < 4.78 is 37.6. The van der Waals surface area contributed by atoms with Gasteiger partial charge in [0.1, 0.15) is 16.4 Å². The van der Waals surface area contributed by atoms with Crippen LogP contribution in [0.1, 0.15) is 32.3 Å². The van der Waals surface area contributed by atoms with Crippen LogP contribution in [0.25, 0.3) is 0 Å². The summed E-state index contributed by atoms with van der Waals surface area (Å²) >= 11 is 0. The van der Waals surface area contributed by atoms with Gasteiger partial charge in [0.15, 0.2) is 0 Å². The van der Waals surface area contributed by atoms with E-state index in [9.17, 15) is 8.42 Å². The van der Waals surface area contributed by atoms with Crippen molar-refractivity contribution >= 4 is 10.0 Å². The second-order valence-corrected chi connectivity index (χ2v) is 6.59. The van der Waals surface area contributed by atoms with Crippen molar-refractivity contribution in [2.24, 2.45) is 5.73 Å². The summed E-state index contributed by atoms with van der Waals surface area (Å²) in [4.78, 5) is 0.125. The molecule has 0 bridgehead atoms. The highest BCUT2D eigenvalue weighted by Crippen LogP contribution is 2.20. The summed E-state index contributed by atoms with van der Waals surface area (Å²) in [5.41, 5.74) is 4.87. The lowest BCUT2D eigenvalue weighted by Crippen LogP contribution is -2.40. The molecule has 0 aliphatic carbocycles. The van der Waals surface area contributed by atoms with E-state index >= 15 is 0 Å². The Balaban J connectivity index is 2.84. The van der Waals surface area contributed by atoms with Gasteiger partial charge in [0.25, 0.3) is 0 Å². The Hall–Kier alpha value is -0.890. The van der Waals surface area contributed by atoms with Gasteiger partial charge in [-0.2, -0.15) is 0 Å². The topological polar surface area (TPSA) is 94.6 Å². The van der Waals surface area contributed by atoms with E-state index in [-0.39, 0.29) is 18.0 Å². The fourth-order valence-electron chi connectivity index (χ4n) is 1.68. The van der Waals surface area contributed by atoms with Crippen molar-refractivity contribution in [2.45, 2.75) is 44.7 Å². The van der Waals surface area contributed by atoms with Crippen LogP contribution in [0.5, 0.6) is 0 Å². The number of hydrogen-bond acceptors (Lipinski definition) is 5. The summed E-state index contributed by atoms with van der Waals surface area (Å²) in [6.07, 6.45) is 0. The third-order valence-electron chi connectivity index (χ3n) is 2.64. The molecule has 0 aliphatic heterocycles. The molecule has 0 aliphatic rings. The summed E-state index contributed by atoms with van der Waals surface area (Å²) in [5, 5.41) is 0. The lowest BCUT2D eigenvalue weighted by atomic mass is 10.1. The van der Waals surface area contributed by atoms with Gasteiger partial charge in [0, 0.05) is 19.2 Å². The van der Waals surface area contributed by atoms with Crippen LogP contribution in [0.4, 0.5) is 0 Å². The molecule has 1 aromatic heterocycles. The van der Waals surface area contributed by atoms with Crippen molar-refractivity contribution in [1.82, 2.24) is 4.72 Å². The van der Waals surface area contributed by atoms with Crippen LogP contribution in [0, 0.1) is 6.92 Å². The Morgan fingerprint density at radius 1 is 1.47 bits per heavy atom. The average molecular weight is 290 g/mol. The molecule has 110 valence electrons. The van der Waals surface area contributed by atoms with E-state index in [0.29, 0.717) is 18.1 Å². The molecule has 0 spiro atoms. The molecule has 0 unspecified atom stereocenters.